The van der Waals surface area contributed by atoms with E-state index in [9.17, 15) is 14.4 Å². The zero-order chi connectivity index (χ0) is 25.3. The molecule has 0 aromatic heterocycles. The second kappa shape index (κ2) is 13.0. The third-order valence-corrected chi connectivity index (χ3v) is 6.44. The summed E-state index contributed by atoms with van der Waals surface area (Å²) in [5, 5.41) is 5.62. The minimum absolute atomic E-state index is 0.138. The summed E-state index contributed by atoms with van der Waals surface area (Å²) < 4.78 is 11.1. The van der Waals surface area contributed by atoms with Gasteiger partial charge in [0, 0.05) is 31.7 Å². The van der Waals surface area contributed by atoms with E-state index in [4.69, 9.17) is 9.47 Å². The van der Waals surface area contributed by atoms with Crippen molar-refractivity contribution in [3.63, 3.8) is 0 Å². The third-order valence-electron chi connectivity index (χ3n) is 6.44. The molecular weight excluding hydrogens is 446 g/mol. The molecule has 2 amide bonds. The van der Waals surface area contributed by atoms with E-state index < -0.39 is 5.60 Å². The van der Waals surface area contributed by atoms with Gasteiger partial charge in [-0.25, -0.2) is 0 Å². The van der Waals surface area contributed by atoms with Crippen LogP contribution in [0.5, 0.6) is 0 Å². The molecule has 8 nitrogen and oxygen atoms in total. The first-order chi connectivity index (χ1) is 16.7. The van der Waals surface area contributed by atoms with Crippen LogP contribution in [-0.4, -0.2) is 67.2 Å². The molecule has 2 aliphatic heterocycles. The van der Waals surface area contributed by atoms with E-state index in [0.717, 1.165) is 57.6 Å². The van der Waals surface area contributed by atoms with Gasteiger partial charge in [-0.3, -0.25) is 19.7 Å². The van der Waals surface area contributed by atoms with Gasteiger partial charge in [0.05, 0.1) is 6.61 Å². The van der Waals surface area contributed by atoms with Crippen molar-refractivity contribution in [2.24, 2.45) is 0 Å². The molecule has 0 bridgehead atoms. The quantitative estimate of drug-likeness (QED) is 0.280. The summed E-state index contributed by atoms with van der Waals surface area (Å²) in [6.45, 7) is 10.1. The van der Waals surface area contributed by atoms with Gasteiger partial charge in [0.1, 0.15) is 11.6 Å². The van der Waals surface area contributed by atoms with Crippen molar-refractivity contribution in [3.8, 4) is 0 Å². The lowest BCUT2D eigenvalue weighted by Crippen LogP contribution is -2.47. The maximum absolute atomic E-state index is 11.9. The highest BCUT2D eigenvalue weighted by molar-refractivity contribution is 6.01. The Morgan fingerprint density at radius 2 is 1.77 bits per heavy atom. The van der Waals surface area contributed by atoms with E-state index >= 15 is 0 Å². The number of amides is 2. The second-order valence-corrected chi connectivity index (χ2v) is 10.5. The van der Waals surface area contributed by atoms with Gasteiger partial charge < -0.3 is 19.7 Å². The maximum atomic E-state index is 11.9. The third kappa shape index (κ3) is 9.61. The van der Waals surface area contributed by atoms with Gasteiger partial charge in [0.25, 0.3) is 0 Å². The fourth-order valence-electron chi connectivity index (χ4n) is 4.54. The Labute approximate surface area is 209 Å². The number of hydrogen-bond donors (Lipinski definition) is 2. The molecule has 1 atom stereocenters. The van der Waals surface area contributed by atoms with Crippen LogP contribution < -0.4 is 10.6 Å². The summed E-state index contributed by atoms with van der Waals surface area (Å²) >= 11 is 0. The molecule has 2 aliphatic rings. The number of unbranched alkanes of at least 4 members (excludes halogenated alkanes) is 1. The van der Waals surface area contributed by atoms with Crippen molar-refractivity contribution in [1.29, 1.82) is 0 Å². The average molecular weight is 488 g/mol. The second-order valence-electron chi connectivity index (χ2n) is 10.5. The zero-order valence-electron chi connectivity index (χ0n) is 21.4. The standard InChI is InChI=1S/C27H41N3O5/c1-27(2,3)35-25(32)6-4-5-18-34-19-17-30-15-13-21(14-16-30)20-7-9-22(10-8-20)28-23-11-12-24(31)29-26(23)33/h7-10,21,23,28H,4-6,11-19H2,1-3H3,(H,29,31,33). The van der Waals surface area contributed by atoms with Crippen molar-refractivity contribution >= 4 is 23.5 Å². The molecule has 0 aliphatic carbocycles. The Kier molecular flexibility index (Phi) is 10.1. The number of carbonyl (C=O) groups excluding carboxylic acids is 3. The molecule has 0 spiro atoms. The lowest BCUT2D eigenvalue weighted by molar-refractivity contribution is -0.155. The monoisotopic (exact) mass is 487 g/mol. The van der Waals surface area contributed by atoms with Crippen LogP contribution in [0.15, 0.2) is 24.3 Å². The van der Waals surface area contributed by atoms with Crippen LogP contribution in [0, 0.1) is 0 Å². The molecule has 2 fully saturated rings. The van der Waals surface area contributed by atoms with Crippen LogP contribution >= 0.6 is 0 Å². The summed E-state index contributed by atoms with van der Waals surface area (Å²) in [7, 11) is 0. The van der Waals surface area contributed by atoms with Gasteiger partial charge in [-0.1, -0.05) is 12.1 Å². The van der Waals surface area contributed by atoms with Crippen molar-refractivity contribution in [2.45, 2.75) is 83.3 Å². The first-order valence-electron chi connectivity index (χ1n) is 12.9. The number of anilines is 1. The molecule has 2 N–H and O–H groups in total. The van der Waals surface area contributed by atoms with E-state index in [0.29, 0.717) is 31.8 Å². The molecule has 1 unspecified atom stereocenters. The molecule has 1 aromatic carbocycles. The molecule has 194 valence electrons. The predicted molar refractivity (Wildman–Crippen MR) is 135 cm³/mol. The lowest BCUT2D eigenvalue weighted by atomic mass is 9.89. The fourth-order valence-corrected chi connectivity index (χ4v) is 4.54. The molecule has 2 heterocycles. The molecule has 0 radical (unpaired) electrons. The molecule has 2 saturated heterocycles. The van der Waals surface area contributed by atoms with E-state index in [1.165, 1.54) is 5.56 Å². The average Bonchev–Trinajstić information content (AvgIpc) is 2.80. The molecule has 1 aromatic rings. The summed E-state index contributed by atoms with van der Waals surface area (Å²) in [5.41, 5.74) is 1.82. The number of imide groups is 1. The zero-order valence-corrected chi connectivity index (χ0v) is 21.4. The highest BCUT2D eigenvalue weighted by Crippen LogP contribution is 2.29. The number of rotatable bonds is 11. The number of nitrogens with zero attached hydrogens (tertiary/aromatic N) is 1. The Balaban J connectivity index is 1.26. The Morgan fingerprint density at radius 1 is 1.06 bits per heavy atom. The maximum Gasteiger partial charge on any atom is 0.306 e. The number of benzene rings is 1. The minimum atomic E-state index is -0.417. The van der Waals surface area contributed by atoms with E-state index in [1.54, 1.807) is 0 Å². The SMILES string of the molecule is CC(C)(C)OC(=O)CCCCOCCN1CCC(c2ccc(NC3CCC(=O)NC3=O)cc2)CC1. The minimum Gasteiger partial charge on any atom is -0.460 e. The Hall–Kier alpha value is -2.45. The van der Waals surface area contributed by atoms with Crippen molar-refractivity contribution in [1.82, 2.24) is 10.2 Å². The molecular formula is C27H41N3O5. The van der Waals surface area contributed by atoms with Crippen molar-refractivity contribution in [3.05, 3.63) is 29.8 Å². The molecule has 35 heavy (non-hydrogen) atoms. The van der Waals surface area contributed by atoms with Crippen LogP contribution in [0.4, 0.5) is 5.69 Å². The molecule has 3 rings (SSSR count). The Morgan fingerprint density at radius 3 is 2.43 bits per heavy atom. The lowest BCUT2D eigenvalue weighted by Gasteiger charge is -2.32. The topological polar surface area (TPSA) is 97.0 Å². The van der Waals surface area contributed by atoms with Crippen LogP contribution in [0.25, 0.3) is 0 Å². The van der Waals surface area contributed by atoms with Gasteiger partial charge >= 0.3 is 5.97 Å². The number of ether oxygens (including phenoxy) is 2. The number of hydrogen-bond acceptors (Lipinski definition) is 7. The summed E-state index contributed by atoms with van der Waals surface area (Å²) in [5.74, 6) is -0.0377. The smallest absolute Gasteiger partial charge is 0.306 e. The predicted octanol–water partition coefficient (Wildman–Crippen LogP) is 3.61. The largest absolute Gasteiger partial charge is 0.460 e. The first-order valence-corrected chi connectivity index (χ1v) is 12.9. The van der Waals surface area contributed by atoms with Crippen LogP contribution in [0.3, 0.4) is 0 Å². The number of likely N-dealkylation sites (tertiary alicyclic amines) is 1. The van der Waals surface area contributed by atoms with Crippen LogP contribution in [0.2, 0.25) is 0 Å². The normalized spacial score (nSPS) is 19.9. The number of esters is 1. The van der Waals surface area contributed by atoms with Crippen LogP contribution in [-0.2, 0) is 23.9 Å². The van der Waals surface area contributed by atoms with E-state index in [2.05, 4.69) is 27.7 Å². The number of piperidine rings is 2. The summed E-state index contributed by atoms with van der Waals surface area (Å²) in [6, 6.07) is 8.00. The highest BCUT2D eigenvalue weighted by Gasteiger charge is 2.26. The first kappa shape index (κ1) is 27.1. The van der Waals surface area contributed by atoms with E-state index in [-0.39, 0.29) is 23.8 Å². The molecule has 8 heteroatoms. The van der Waals surface area contributed by atoms with Crippen molar-refractivity contribution in [2.75, 3.05) is 38.2 Å². The molecule has 0 saturated carbocycles. The number of nitrogens with one attached hydrogen (secondary N) is 2. The van der Waals surface area contributed by atoms with E-state index in [1.807, 2.05) is 32.9 Å². The van der Waals surface area contributed by atoms with Gasteiger partial charge in [0.2, 0.25) is 11.8 Å². The number of carbonyl (C=O) groups is 3. The van der Waals surface area contributed by atoms with Gasteiger partial charge in [-0.05, 0) is 89.6 Å². The summed E-state index contributed by atoms with van der Waals surface area (Å²) in [4.78, 5) is 37.4. The Bertz CT molecular complexity index is 841. The summed E-state index contributed by atoms with van der Waals surface area (Å²) in [6.07, 6.45) is 5.26. The highest BCUT2D eigenvalue weighted by atomic mass is 16.6. The van der Waals surface area contributed by atoms with Gasteiger partial charge in [-0.2, -0.15) is 0 Å². The van der Waals surface area contributed by atoms with Crippen molar-refractivity contribution < 1.29 is 23.9 Å². The van der Waals surface area contributed by atoms with Gasteiger partial charge in [-0.15, -0.1) is 0 Å². The fraction of sp³-hybridized carbons (Fsp3) is 0.667. The van der Waals surface area contributed by atoms with Gasteiger partial charge in [0.15, 0.2) is 0 Å². The van der Waals surface area contributed by atoms with Crippen LogP contribution in [0.1, 0.15) is 77.2 Å².